The molecule has 0 radical (unpaired) electrons. The maximum Gasteiger partial charge on any atom is 0.242 e. The van der Waals surface area contributed by atoms with Gasteiger partial charge >= 0.3 is 0 Å². The van der Waals surface area contributed by atoms with E-state index in [1.807, 2.05) is 0 Å². The second-order valence-corrected chi connectivity index (χ2v) is 4.75. The van der Waals surface area contributed by atoms with Crippen LogP contribution in [-0.4, -0.2) is 19.9 Å². The summed E-state index contributed by atoms with van der Waals surface area (Å²) in [5.41, 5.74) is 1.25. The summed E-state index contributed by atoms with van der Waals surface area (Å²) in [6.45, 7) is 5.59. The minimum absolute atomic E-state index is 0.293. The van der Waals surface area contributed by atoms with Crippen LogP contribution in [0.1, 0.15) is 18.2 Å². The van der Waals surface area contributed by atoms with Crippen LogP contribution in [0.15, 0.2) is 17.2 Å². The van der Waals surface area contributed by atoms with Crippen molar-refractivity contribution in [2.24, 2.45) is 0 Å². The molecule has 1 heterocycles. The van der Waals surface area contributed by atoms with Gasteiger partial charge in [0.25, 0.3) is 0 Å². The molecule has 0 aromatic carbocycles. The van der Waals surface area contributed by atoms with Gasteiger partial charge in [0.05, 0.1) is 5.69 Å². The number of nitrogens with zero attached hydrogens (tertiary/aromatic N) is 1. The maximum absolute atomic E-state index is 11.7. The average Bonchev–Trinajstić information content (AvgIpc) is 2.02. The van der Waals surface area contributed by atoms with Crippen LogP contribution in [0.5, 0.6) is 0 Å². The molecule has 0 saturated carbocycles. The van der Waals surface area contributed by atoms with Crippen molar-refractivity contribution in [3.8, 4) is 0 Å². The third kappa shape index (κ3) is 2.10. The summed E-state index contributed by atoms with van der Waals surface area (Å²) >= 11 is 0. The number of sulfonamides is 1. The van der Waals surface area contributed by atoms with Crippen molar-refractivity contribution in [2.45, 2.75) is 25.7 Å². The zero-order valence-corrected chi connectivity index (χ0v) is 9.35. The van der Waals surface area contributed by atoms with Gasteiger partial charge in [-0.25, -0.2) is 13.1 Å². The topological polar surface area (TPSA) is 59.1 Å². The summed E-state index contributed by atoms with van der Waals surface area (Å²) < 4.78 is 25.9. The van der Waals surface area contributed by atoms with Gasteiger partial charge in [-0.3, -0.25) is 4.98 Å². The number of hydrogen-bond donors (Lipinski definition) is 1. The first-order chi connectivity index (χ1) is 6.49. The van der Waals surface area contributed by atoms with Crippen LogP contribution in [0.3, 0.4) is 0 Å². The molecule has 0 unspecified atom stereocenters. The van der Waals surface area contributed by atoms with Gasteiger partial charge in [-0.1, -0.05) is 6.92 Å². The summed E-state index contributed by atoms with van der Waals surface area (Å²) in [4.78, 5) is 4.26. The molecule has 0 aliphatic heterocycles. The molecular weight excluding hydrogens is 200 g/mol. The summed E-state index contributed by atoms with van der Waals surface area (Å²) in [5, 5.41) is 0. The number of aromatic nitrogens is 1. The van der Waals surface area contributed by atoms with E-state index in [0.717, 1.165) is 5.56 Å². The molecule has 0 amide bonds. The van der Waals surface area contributed by atoms with E-state index in [0.29, 0.717) is 17.1 Å². The highest BCUT2D eigenvalue weighted by Gasteiger charge is 2.18. The molecule has 0 spiro atoms. The molecule has 0 aliphatic carbocycles. The summed E-state index contributed by atoms with van der Waals surface area (Å²) in [7, 11) is -3.38. The Bertz CT molecular complexity index is 406. The Morgan fingerprint density at radius 2 is 2.07 bits per heavy atom. The minimum Gasteiger partial charge on any atom is -0.260 e. The van der Waals surface area contributed by atoms with Crippen molar-refractivity contribution in [3.05, 3.63) is 23.5 Å². The Hall–Kier alpha value is -0.940. The zero-order chi connectivity index (χ0) is 10.8. The molecule has 5 heteroatoms. The van der Waals surface area contributed by atoms with E-state index in [1.165, 1.54) is 0 Å². The first kappa shape index (κ1) is 11.1. The van der Waals surface area contributed by atoms with Gasteiger partial charge in [0.1, 0.15) is 4.90 Å². The number of nitrogens with one attached hydrogen (secondary N) is 1. The summed E-state index contributed by atoms with van der Waals surface area (Å²) in [5.74, 6) is 0. The van der Waals surface area contributed by atoms with E-state index < -0.39 is 10.0 Å². The van der Waals surface area contributed by atoms with Crippen LogP contribution in [-0.2, 0) is 10.0 Å². The van der Waals surface area contributed by atoms with Gasteiger partial charge in [-0.2, -0.15) is 0 Å². The number of hydrogen-bond acceptors (Lipinski definition) is 3. The molecule has 4 nitrogen and oxygen atoms in total. The molecule has 1 N–H and O–H groups in total. The van der Waals surface area contributed by atoms with Crippen LogP contribution in [0.4, 0.5) is 0 Å². The standard InChI is InChI=1S/C9H14N2O2S/c1-4-11-14(12,13)9-7(2)5-6-10-8(9)3/h5-6,11H,4H2,1-3H3. The fourth-order valence-electron chi connectivity index (χ4n) is 1.35. The van der Waals surface area contributed by atoms with Gasteiger partial charge in [0, 0.05) is 12.7 Å². The Morgan fingerprint density at radius 3 is 2.57 bits per heavy atom. The lowest BCUT2D eigenvalue weighted by molar-refractivity contribution is 0.582. The normalized spacial score (nSPS) is 11.6. The second-order valence-electron chi connectivity index (χ2n) is 3.04. The number of pyridine rings is 1. The van der Waals surface area contributed by atoms with Gasteiger partial charge in [-0.15, -0.1) is 0 Å². The van der Waals surface area contributed by atoms with Gasteiger partial charge in [-0.05, 0) is 25.5 Å². The lowest BCUT2D eigenvalue weighted by Gasteiger charge is -2.09. The molecule has 1 aromatic heterocycles. The van der Waals surface area contributed by atoms with Crippen LogP contribution in [0.2, 0.25) is 0 Å². The average molecular weight is 214 g/mol. The predicted molar refractivity (Wildman–Crippen MR) is 54.6 cm³/mol. The van der Waals surface area contributed by atoms with Crippen molar-refractivity contribution in [1.29, 1.82) is 0 Å². The SMILES string of the molecule is CCNS(=O)(=O)c1c(C)ccnc1C. The predicted octanol–water partition coefficient (Wildman–Crippen LogP) is 0.997. The third-order valence-electron chi connectivity index (χ3n) is 1.88. The van der Waals surface area contributed by atoms with E-state index in [-0.39, 0.29) is 0 Å². The Balaban J connectivity index is 3.32. The fourth-order valence-corrected chi connectivity index (χ4v) is 2.81. The Labute approximate surface area is 84.4 Å². The van der Waals surface area contributed by atoms with E-state index in [2.05, 4.69) is 9.71 Å². The first-order valence-electron chi connectivity index (χ1n) is 4.41. The van der Waals surface area contributed by atoms with Crippen molar-refractivity contribution >= 4 is 10.0 Å². The molecule has 14 heavy (non-hydrogen) atoms. The number of aryl methyl sites for hydroxylation is 2. The van der Waals surface area contributed by atoms with Crippen LogP contribution in [0, 0.1) is 13.8 Å². The van der Waals surface area contributed by atoms with E-state index in [1.54, 1.807) is 33.0 Å². The molecule has 0 atom stereocenters. The van der Waals surface area contributed by atoms with E-state index in [9.17, 15) is 8.42 Å². The monoisotopic (exact) mass is 214 g/mol. The third-order valence-corrected chi connectivity index (χ3v) is 3.71. The molecule has 1 aromatic rings. The van der Waals surface area contributed by atoms with Crippen LogP contribution < -0.4 is 4.72 Å². The van der Waals surface area contributed by atoms with Crippen molar-refractivity contribution < 1.29 is 8.42 Å². The Morgan fingerprint density at radius 1 is 1.43 bits per heavy atom. The van der Waals surface area contributed by atoms with E-state index >= 15 is 0 Å². The maximum atomic E-state index is 11.7. The molecular formula is C9H14N2O2S. The van der Waals surface area contributed by atoms with Crippen LogP contribution in [0.25, 0.3) is 0 Å². The lowest BCUT2D eigenvalue weighted by Crippen LogP contribution is -2.25. The van der Waals surface area contributed by atoms with Crippen molar-refractivity contribution in [3.63, 3.8) is 0 Å². The smallest absolute Gasteiger partial charge is 0.242 e. The van der Waals surface area contributed by atoms with Gasteiger partial charge in [0.2, 0.25) is 10.0 Å². The summed E-state index contributed by atoms with van der Waals surface area (Å²) in [6.07, 6.45) is 1.61. The first-order valence-corrected chi connectivity index (χ1v) is 5.89. The molecule has 0 bridgehead atoms. The summed E-state index contributed by atoms with van der Waals surface area (Å²) in [6, 6.07) is 1.69. The van der Waals surface area contributed by atoms with E-state index in [4.69, 9.17) is 0 Å². The number of rotatable bonds is 3. The molecule has 0 aliphatic rings. The van der Waals surface area contributed by atoms with Gasteiger partial charge in [0.15, 0.2) is 0 Å². The largest absolute Gasteiger partial charge is 0.260 e. The quantitative estimate of drug-likeness (QED) is 0.816. The fraction of sp³-hybridized carbons (Fsp3) is 0.444. The molecule has 0 saturated heterocycles. The lowest BCUT2D eigenvalue weighted by atomic mass is 10.2. The van der Waals surface area contributed by atoms with Gasteiger partial charge < -0.3 is 0 Å². The van der Waals surface area contributed by atoms with Crippen LogP contribution >= 0.6 is 0 Å². The highest BCUT2D eigenvalue weighted by Crippen LogP contribution is 2.16. The highest BCUT2D eigenvalue weighted by molar-refractivity contribution is 7.89. The molecule has 78 valence electrons. The Kier molecular flexibility index (Phi) is 3.23. The molecule has 0 fully saturated rings. The zero-order valence-electron chi connectivity index (χ0n) is 8.53. The van der Waals surface area contributed by atoms with Crippen molar-refractivity contribution in [1.82, 2.24) is 9.71 Å². The molecule has 1 rings (SSSR count). The highest BCUT2D eigenvalue weighted by atomic mass is 32.2. The second kappa shape index (κ2) is 4.06. The minimum atomic E-state index is -3.38. The van der Waals surface area contributed by atoms with Crippen molar-refractivity contribution in [2.75, 3.05) is 6.54 Å².